The van der Waals surface area contributed by atoms with Crippen LogP contribution in [-0.2, 0) is 4.74 Å². The summed E-state index contributed by atoms with van der Waals surface area (Å²) in [4.78, 5) is 2.13. The van der Waals surface area contributed by atoms with Crippen molar-refractivity contribution in [3.05, 3.63) is 0 Å². The molecule has 0 N–H and O–H groups in total. The maximum absolute atomic E-state index is 5.57. The third-order valence-corrected chi connectivity index (χ3v) is 2.27. The largest absolute Gasteiger partial charge is 0.465 e. The number of rotatable bonds is 0. The van der Waals surface area contributed by atoms with Crippen LogP contribution in [0, 0.1) is 0 Å². The molecule has 0 radical (unpaired) electrons. The Morgan fingerprint density at radius 2 is 2.08 bits per heavy atom. The first-order valence-corrected chi connectivity index (χ1v) is 4.80. The highest BCUT2D eigenvalue weighted by Crippen LogP contribution is 2.20. The van der Waals surface area contributed by atoms with E-state index in [-0.39, 0.29) is 5.60 Å². The van der Waals surface area contributed by atoms with Crippen molar-refractivity contribution in [1.82, 2.24) is 4.90 Å². The molecule has 1 aliphatic rings. The molecule has 1 heterocycles. The predicted molar refractivity (Wildman–Crippen MR) is 54.2 cm³/mol. The molecule has 0 aromatic heterocycles. The second kappa shape index (κ2) is 3.21. The molecule has 12 heavy (non-hydrogen) atoms. The summed E-state index contributed by atoms with van der Waals surface area (Å²) < 4.78 is 5.57. The van der Waals surface area contributed by atoms with Gasteiger partial charge in [0.05, 0.1) is 0 Å². The normalized spacial score (nSPS) is 23.3. The van der Waals surface area contributed by atoms with Crippen LogP contribution < -0.4 is 0 Å². The van der Waals surface area contributed by atoms with Crippen molar-refractivity contribution in [2.24, 2.45) is 0 Å². The van der Waals surface area contributed by atoms with Crippen LogP contribution in [0.4, 0.5) is 0 Å². The fourth-order valence-corrected chi connectivity index (χ4v) is 1.63. The van der Waals surface area contributed by atoms with Crippen molar-refractivity contribution in [1.29, 1.82) is 0 Å². The third kappa shape index (κ3) is 2.34. The Morgan fingerprint density at radius 3 is 2.33 bits per heavy atom. The van der Waals surface area contributed by atoms with Crippen LogP contribution >= 0.6 is 12.2 Å². The van der Waals surface area contributed by atoms with E-state index in [0.29, 0.717) is 11.2 Å². The van der Waals surface area contributed by atoms with Crippen molar-refractivity contribution in [3.63, 3.8) is 0 Å². The molecule has 0 aromatic carbocycles. The van der Waals surface area contributed by atoms with Crippen LogP contribution in [0.15, 0.2) is 0 Å². The second-order valence-corrected chi connectivity index (χ2v) is 4.66. The van der Waals surface area contributed by atoms with Gasteiger partial charge in [0, 0.05) is 12.6 Å². The topological polar surface area (TPSA) is 12.5 Å². The number of hydrogen-bond donors (Lipinski definition) is 0. The monoisotopic (exact) mass is 187 g/mol. The lowest BCUT2D eigenvalue weighted by molar-refractivity contribution is 0.0649. The third-order valence-electron chi connectivity index (χ3n) is 1.95. The van der Waals surface area contributed by atoms with E-state index >= 15 is 0 Å². The summed E-state index contributed by atoms with van der Waals surface area (Å²) >= 11 is 5.16. The average Bonchev–Trinajstić information content (AvgIpc) is 1.79. The van der Waals surface area contributed by atoms with Gasteiger partial charge in [0.2, 0.25) is 0 Å². The Hall–Kier alpha value is -0.310. The summed E-state index contributed by atoms with van der Waals surface area (Å²) in [5.41, 5.74) is -0.160. The highest BCUT2D eigenvalue weighted by atomic mass is 32.1. The maximum Gasteiger partial charge on any atom is 0.260 e. The maximum atomic E-state index is 5.57. The standard InChI is InChI=1S/C9H17NOS/c1-7-5-6-10(7)8(12)11-9(2,3)4/h7H,5-6H2,1-4H3. The van der Waals surface area contributed by atoms with Gasteiger partial charge in [-0.2, -0.15) is 0 Å². The molecule has 0 bridgehead atoms. The lowest BCUT2D eigenvalue weighted by atomic mass is 10.1. The van der Waals surface area contributed by atoms with Crippen LogP contribution in [-0.4, -0.2) is 28.3 Å². The molecule has 70 valence electrons. The highest BCUT2D eigenvalue weighted by molar-refractivity contribution is 7.80. The van der Waals surface area contributed by atoms with E-state index < -0.39 is 0 Å². The Kier molecular flexibility index (Phi) is 2.61. The van der Waals surface area contributed by atoms with Crippen molar-refractivity contribution < 1.29 is 4.74 Å². The summed E-state index contributed by atoms with van der Waals surface area (Å²) in [6.07, 6.45) is 1.23. The minimum atomic E-state index is -0.160. The van der Waals surface area contributed by atoms with E-state index in [4.69, 9.17) is 17.0 Å². The van der Waals surface area contributed by atoms with Gasteiger partial charge in [-0.25, -0.2) is 0 Å². The van der Waals surface area contributed by atoms with Crippen LogP contribution in [0.5, 0.6) is 0 Å². The second-order valence-electron chi connectivity index (χ2n) is 4.31. The quantitative estimate of drug-likeness (QED) is 0.539. The molecule has 1 aliphatic heterocycles. The minimum absolute atomic E-state index is 0.160. The first kappa shape index (κ1) is 9.78. The molecule has 1 rings (SSSR count). The zero-order valence-corrected chi connectivity index (χ0v) is 9.07. The Labute approximate surface area is 79.9 Å². The highest BCUT2D eigenvalue weighted by Gasteiger charge is 2.28. The van der Waals surface area contributed by atoms with E-state index in [0.717, 1.165) is 6.54 Å². The van der Waals surface area contributed by atoms with Gasteiger partial charge in [0.1, 0.15) is 5.60 Å². The lowest BCUT2D eigenvalue weighted by Gasteiger charge is -2.41. The molecule has 1 fully saturated rings. The van der Waals surface area contributed by atoms with Gasteiger partial charge in [0.15, 0.2) is 0 Å². The van der Waals surface area contributed by atoms with Crippen molar-refractivity contribution >= 4 is 17.4 Å². The van der Waals surface area contributed by atoms with E-state index in [1.165, 1.54) is 6.42 Å². The van der Waals surface area contributed by atoms with Crippen LogP contribution in [0.25, 0.3) is 0 Å². The predicted octanol–water partition coefficient (Wildman–Crippen LogP) is 2.18. The smallest absolute Gasteiger partial charge is 0.260 e. The van der Waals surface area contributed by atoms with E-state index in [9.17, 15) is 0 Å². The molecule has 1 unspecified atom stereocenters. The molecule has 0 amide bonds. The SMILES string of the molecule is CC1CCN1C(=S)OC(C)(C)C. The first-order valence-electron chi connectivity index (χ1n) is 4.40. The molecule has 0 saturated carbocycles. The fourth-order valence-electron chi connectivity index (χ4n) is 1.11. The van der Waals surface area contributed by atoms with Crippen LogP contribution in [0.1, 0.15) is 34.1 Å². The summed E-state index contributed by atoms with van der Waals surface area (Å²) in [7, 11) is 0. The van der Waals surface area contributed by atoms with Gasteiger partial charge in [-0.1, -0.05) is 0 Å². The molecule has 1 saturated heterocycles. The van der Waals surface area contributed by atoms with Gasteiger partial charge in [-0.15, -0.1) is 0 Å². The van der Waals surface area contributed by atoms with E-state index in [1.54, 1.807) is 0 Å². The Morgan fingerprint density at radius 1 is 1.50 bits per heavy atom. The zero-order chi connectivity index (χ0) is 9.35. The lowest BCUT2D eigenvalue weighted by Crippen LogP contribution is -2.50. The summed E-state index contributed by atoms with van der Waals surface area (Å²) in [5.74, 6) is 0. The molecule has 0 aliphatic carbocycles. The van der Waals surface area contributed by atoms with Crippen molar-refractivity contribution in [2.45, 2.75) is 45.8 Å². The summed E-state index contributed by atoms with van der Waals surface area (Å²) in [6.45, 7) is 9.27. The van der Waals surface area contributed by atoms with Crippen molar-refractivity contribution in [2.75, 3.05) is 6.54 Å². The zero-order valence-electron chi connectivity index (χ0n) is 8.26. The molecular formula is C9H17NOS. The van der Waals surface area contributed by atoms with Crippen LogP contribution in [0.3, 0.4) is 0 Å². The number of thiocarbonyl (C=S) groups is 1. The van der Waals surface area contributed by atoms with Gasteiger partial charge in [-0.05, 0) is 46.3 Å². The molecule has 0 spiro atoms. The van der Waals surface area contributed by atoms with Crippen molar-refractivity contribution in [3.8, 4) is 0 Å². The molecule has 3 heteroatoms. The molecule has 2 nitrogen and oxygen atoms in total. The minimum Gasteiger partial charge on any atom is -0.465 e. The summed E-state index contributed by atoms with van der Waals surface area (Å²) in [5, 5.41) is 0.654. The van der Waals surface area contributed by atoms with Gasteiger partial charge >= 0.3 is 0 Å². The molecule has 0 aromatic rings. The van der Waals surface area contributed by atoms with Gasteiger partial charge in [0.25, 0.3) is 5.17 Å². The molecule has 1 atom stereocenters. The number of nitrogens with zero attached hydrogens (tertiary/aromatic N) is 1. The van der Waals surface area contributed by atoms with E-state index in [2.05, 4.69) is 11.8 Å². The van der Waals surface area contributed by atoms with Crippen LogP contribution in [0.2, 0.25) is 0 Å². The Bertz CT molecular complexity index is 185. The number of likely N-dealkylation sites (tertiary alicyclic amines) is 1. The Balaban J connectivity index is 2.39. The van der Waals surface area contributed by atoms with E-state index in [1.807, 2.05) is 20.8 Å². The summed E-state index contributed by atoms with van der Waals surface area (Å²) in [6, 6.07) is 0.569. The fraction of sp³-hybridized carbons (Fsp3) is 0.889. The van der Waals surface area contributed by atoms with Gasteiger partial charge in [-0.3, -0.25) is 0 Å². The average molecular weight is 187 g/mol. The van der Waals surface area contributed by atoms with Gasteiger partial charge < -0.3 is 9.64 Å². The first-order chi connectivity index (χ1) is 5.40. The molecular weight excluding hydrogens is 170 g/mol. The number of ether oxygens (including phenoxy) is 1. The number of hydrogen-bond acceptors (Lipinski definition) is 2.